The number of sulfone groups is 2. The predicted molar refractivity (Wildman–Crippen MR) is 228 cm³/mol. The summed E-state index contributed by atoms with van der Waals surface area (Å²) in [6, 6.07) is 0. The second kappa shape index (κ2) is 29.5. The summed E-state index contributed by atoms with van der Waals surface area (Å²) >= 11 is 0. The molecule has 0 N–H and O–H groups in total. The van der Waals surface area contributed by atoms with Crippen LogP contribution in [0.25, 0.3) is 0 Å². The van der Waals surface area contributed by atoms with Gasteiger partial charge in [0.25, 0.3) is 0 Å². The summed E-state index contributed by atoms with van der Waals surface area (Å²) in [5.41, 5.74) is 0. The summed E-state index contributed by atoms with van der Waals surface area (Å²) in [6.45, 7) is 21.9. The summed E-state index contributed by atoms with van der Waals surface area (Å²) in [6.07, 6.45) is 8.25. The molecule has 0 rings (SSSR count). The Morgan fingerprint density at radius 3 is 0.449 bits per heavy atom. The van der Waals surface area contributed by atoms with Crippen molar-refractivity contribution in [2.45, 2.75) is 139 Å². The van der Waals surface area contributed by atoms with Crippen LogP contribution in [-0.4, -0.2) is 135 Å². The monoisotopic (exact) mass is 838 g/mol. The van der Waals surface area contributed by atoms with Gasteiger partial charge in [0.05, 0.1) is 22.0 Å². The second-order valence-electron chi connectivity index (χ2n) is 14.0. The lowest BCUT2D eigenvalue weighted by Gasteiger charge is -2.14. The van der Waals surface area contributed by atoms with E-state index in [1.165, 1.54) is 40.7 Å². The zero-order valence-electron chi connectivity index (χ0n) is 31.4. The molecule has 0 aliphatic rings. The first-order valence-corrected chi connectivity index (χ1v) is 23.7. The highest BCUT2D eigenvalue weighted by Gasteiger charge is 2.23. The van der Waals surface area contributed by atoms with Crippen LogP contribution in [0.15, 0.2) is 0 Å². The van der Waals surface area contributed by atoms with Crippen LogP contribution in [-0.2, 0) is 61.3 Å². The third-order valence-corrected chi connectivity index (χ3v) is 15.8. The standard InChI is InChI=1S/2C5H12O2S.2C5H12OS.2C3H9NO2S.5CH4/c2*1-5(2,3)8(4,6)7;2*1-5(2,3)7(4)6;2*1-4(2)7(3,5)6;;;;;/h2*1-4H3;2*1-4H3;2*1-3H3;5*1H4. The molecule has 0 aliphatic carbocycles. The van der Waals surface area contributed by atoms with Gasteiger partial charge in [-0.15, -0.1) is 0 Å². The van der Waals surface area contributed by atoms with Gasteiger partial charge in [-0.1, -0.05) is 37.1 Å². The van der Waals surface area contributed by atoms with E-state index in [1.54, 1.807) is 54.1 Å². The molecular weight excluding hydrogens is 753 g/mol. The van der Waals surface area contributed by atoms with E-state index >= 15 is 0 Å². The molecule has 0 amide bonds. The molecule has 0 bridgehead atoms. The molecule has 12 nitrogen and oxygen atoms in total. The molecule has 18 heteroatoms. The van der Waals surface area contributed by atoms with Crippen molar-refractivity contribution in [1.82, 2.24) is 8.61 Å². The first kappa shape index (κ1) is 78.2. The highest BCUT2D eigenvalue weighted by Crippen LogP contribution is 2.12. The van der Waals surface area contributed by atoms with E-state index in [1.807, 2.05) is 41.5 Å². The Bertz CT molecular complexity index is 1180. The molecule has 0 aromatic rings. The number of rotatable bonds is 2. The van der Waals surface area contributed by atoms with Crippen molar-refractivity contribution in [3.8, 4) is 0 Å². The molecule has 0 aliphatic heterocycles. The average molecular weight is 839 g/mol. The van der Waals surface area contributed by atoms with Gasteiger partial charge in [-0.2, -0.15) is 0 Å². The van der Waals surface area contributed by atoms with Crippen LogP contribution in [0.4, 0.5) is 0 Å². The molecular formula is C31H86N2O10S6. The molecule has 0 aromatic carbocycles. The van der Waals surface area contributed by atoms with Gasteiger partial charge in [-0.25, -0.2) is 42.3 Å². The molecule has 0 spiro atoms. The molecule has 0 aromatic heterocycles. The smallest absolute Gasteiger partial charge is 0.210 e. The number of sulfonamides is 2. The minimum atomic E-state index is -2.91. The topological polar surface area (TPSA) is 177 Å². The van der Waals surface area contributed by atoms with Crippen LogP contribution in [0.1, 0.15) is 120 Å². The molecule has 0 saturated carbocycles. The average Bonchev–Trinajstić information content (AvgIpc) is 2.64. The highest BCUT2D eigenvalue weighted by molar-refractivity contribution is 7.92. The zero-order valence-corrected chi connectivity index (χ0v) is 36.3. The van der Waals surface area contributed by atoms with Gasteiger partial charge in [0.2, 0.25) is 20.0 Å². The van der Waals surface area contributed by atoms with Crippen LogP contribution < -0.4 is 0 Å². The molecule has 0 saturated heterocycles. The van der Waals surface area contributed by atoms with E-state index in [0.717, 1.165) is 21.1 Å². The SMILES string of the molecule is C.C.C.C.C.CC(C)(C)S(C)(=O)=O.CC(C)(C)S(C)(=O)=O.CN(C)S(C)(=O)=O.CN(C)S(C)(=O)=O.CS(=O)C(C)(C)C.CS(=O)C(C)(C)C. The zero-order chi connectivity index (χ0) is 38.3. The van der Waals surface area contributed by atoms with E-state index in [9.17, 15) is 42.1 Å². The third-order valence-electron chi connectivity index (χ3n) is 5.28. The van der Waals surface area contributed by atoms with Crippen molar-refractivity contribution in [3.63, 3.8) is 0 Å². The summed E-state index contributed by atoms with van der Waals surface area (Å²) in [7, 11) is -6.88. The maximum atomic E-state index is 10.7. The van der Waals surface area contributed by atoms with Gasteiger partial charge in [0, 0.05) is 84.3 Å². The largest absolute Gasteiger partial charge is 0.259 e. The molecule has 2 atom stereocenters. The Labute approximate surface area is 315 Å². The maximum absolute atomic E-state index is 10.7. The van der Waals surface area contributed by atoms with Crippen molar-refractivity contribution in [2.24, 2.45) is 0 Å². The van der Waals surface area contributed by atoms with Crippen molar-refractivity contribution in [2.75, 3.05) is 65.7 Å². The van der Waals surface area contributed by atoms with E-state index < -0.39 is 70.8 Å². The summed E-state index contributed by atoms with van der Waals surface area (Å²) in [4.78, 5) is 0. The molecule has 0 radical (unpaired) electrons. The van der Waals surface area contributed by atoms with Crippen molar-refractivity contribution in [3.05, 3.63) is 0 Å². The summed E-state index contributed by atoms with van der Waals surface area (Å²) < 4.78 is 106. The van der Waals surface area contributed by atoms with Gasteiger partial charge in [-0.05, 0) is 83.1 Å². The Morgan fingerprint density at radius 1 is 0.388 bits per heavy atom. The van der Waals surface area contributed by atoms with Crippen molar-refractivity contribution < 1.29 is 42.1 Å². The number of nitrogens with zero attached hydrogens (tertiary/aromatic N) is 2. The number of hydrogen-bond donors (Lipinski definition) is 0. The van der Waals surface area contributed by atoms with E-state index in [0.29, 0.717) is 0 Å². The third kappa shape index (κ3) is 57.6. The molecule has 49 heavy (non-hydrogen) atoms. The predicted octanol–water partition coefficient (Wildman–Crippen LogP) is 6.18. The van der Waals surface area contributed by atoms with Gasteiger partial charge in [0.1, 0.15) is 0 Å². The quantitative estimate of drug-likeness (QED) is 0.312. The van der Waals surface area contributed by atoms with E-state index in [-0.39, 0.29) is 46.6 Å². The first-order chi connectivity index (χ1) is 18.3. The molecule has 0 fully saturated rings. The van der Waals surface area contributed by atoms with E-state index in [4.69, 9.17) is 0 Å². The van der Waals surface area contributed by atoms with Gasteiger partial charge >= 0.3 is 0 Å². The van der Waals surface area contributed by atoms with Crippen molar-refractivity contribution >= 4 is 61.3 Å². The minimum absolute atomic E-state index is 0. The summed E-state index contributed by atoms with van der Waals surface area (Å²) in [5.74, 6) is 0. The van der Waals surface area contributed by atoms with Crippen LogP contribution in [0.2, 0.25) is 0 Å². The normalized spacial score (nSPS) is 12.9. The second-order valence-corrected chi connectivity index (χ2v) is 28.2. The lowest BCUT2D eigenvalue weighted by atomic mass is 10.3. The molecule has 316 valence electrons. The Morgan fingerprint density at radius 2 is 0.449 bits per heavy atom. The van der Waals surface area contributed by atoms with Crippen LogP contribution in [0.5, 0.6) is 0 Å². The fraction of sp³-hybridized carbons (Fsp3) is 1.00. The first-order valence-electron chi connectivity index (χ1n) is 13.1. The molecule has 2 unspecified atom stereocenters. The lowest BCUT2D eigenvalue weighted by molar-refractivity contribution is 0.526. The van der Waals surface area contributed by atoms with Crippen LogP contribution in [0, 0.1) is 0 Å². The lowest BCUT2D eigenvalue weighted by Crippen LogP contribution is -2.26. The van der Waals surface area contributed by atoms with Crippen molar-refractivity contribution in [1.29, 1.82) is 0 Å². The Kier molecular flexibility index (Phi) is 47.0. The Hall–Kier alpha value is 0.0200. The number of hydrogen-bond acceptors (Lipinski definition) is 10. The highest BCUT2D eigenvalue weighted by atomic mass is 32.2. The summed E-state index contributed by atoms with van der Waals surface area (Å²) in [5, 5.41) is 0. The van der Waals surface area contributed by atoms with Gasteiger partial charge < -0.3 is 0 Å². The van der Waals surface area contributed by atoms with Crippen LogP contribution in [0.3, 0.4) is 0 Å². The fourth-order valence-corrected chi connectivity index (χ4v) is 0. The minimum Gasteiger partial charge on any atom is -0.259 e. The maximum Gasteiger partial charge on any atom is 0.210 e. The Balaban J connectivity index is -0.0000000385. The van der Waals surface area contributed by atoms with E-state index in [2.05, 4.69) is 0 Å². The fourth-order valence-electron chi connectivity index (χ4n) is 0. The van der Waals surface area contributed by atoms with Crippen LogP contribution >= 0.6 is 0 Å². The molecule has 0 heterocycles. The van der Waals surface area contributed by atoms with Gasteiger partial charge in [-0.3, -0.25) is 8.42 Å². The van der Waals surface area contributed by atoms with Gasteiger partial charge in [0.15, 0.2) is 19.7 Å².